The molecule has 0 saturated carbocycles. The number of allylic oxidation sites excluding steroid dienone is 2. The maximum absolute atomic E-state index is 11.8. The molecular weight excluding hydrogens is 162 g/mol. The Morgan fingerprint density at radius 2 is 1.54 bits per heavy atom. The minimum absolute atomic E-state index is 0.0972. The molecule has 0 fully saturated rings. The Balaban J connectivity index is 4.87. The largest absolute Gasteiger partial charge is 0.325 e. The molecule has 0 amide bonds. The molecule has 2 N–H and O–H groups in total. The molecule has 0 aliphatic rings. The van der Waals surface area contributed by atoms with Crippen molar-refractivity contribution in [2.75, 3.05) is 0 Å². The summed E-state index contributed by atoms with van der Waals surface area (Å²) in [5.74, 6) is 0.0972. The first-order chi connectivity index (χ1) is 5.59. The van der Waals surface area contributed by atoms with Crippen LogP contribution in [0.15, 0.2) is 11.6 Å². The highest BCUT2D eigenvalue weighted by Crippen LogP contribution is 2.29. The Labute approximate surface area is 81.2 Å². The van der Waals surface area contributed by atoms with E-state index in [-0.39, 0.29) is 5.78 Å². The van der Waals surface area contributed by atoms with Gasteiger partial charge in [0.15, 0.2) is 5.78 Å². The first-order valence-corrected chi connectivity index (χ1v) is 4.57. The van der Waals surface area contributed by atoms with Crippen LogP contribution in [-0.2, 0) is 4.79 Å². The van der Waals surface area contributed by atoms with E-state index in [0.717, 1.165) is 5.57 Å². The Kier molecular flexibility index (Phi) is 3.45. The molecule has 0 bridgehead atoms. The summed E-state index contributed by atoms with van der Waals surface area (Å²) in [5.41, 5.74) is 5.96. The molecule has 2 heteroatoms. The lowest BCUT2D eigenvalue weighted by Crippen LogP contribution is -2.51. The van der Waals surface area contributed by atoms with E-state index in [1.807, 2.05) is 41.5 Å². The lowest BCUT2D eigenvalue weighted by Gasteiger charge is -2.36. The first kappa shape index (κ1) is 12.4. The van der Waals surface area contributed by atoms with Gasteiger partial charge in [-0.05, 0) is 33.8 Å². The van der Waals surface area contributed by atoms with E-state index < -0.39 is 11.0 Å². The van der Waals surface area contributed by atoms with E-state index in [2.05, 4.69) is 0 Å². The highest BCUT2D eigenvalue weighted by molar-refractivity contribution is 5.95. The lowest BCUT2D eigenvalue weighted by atomic mass is 9.72. The second kappa shape index (κ2) is 3.62. The maximum Gasteiger partial charge on any atom is 0.163 e. The normalized spacial score (nSPS) is 12.5. The summed E-state index contributed by atoms with van der Waals surface area (Å²) >= 11 is 0. The molecule has 0 aliphatic carbocycles. The van der Waals surface area contributed by atoms with Crippen molar-refractivity contribution >= 4 is 5.78 Å². The fourth-order valence-electron chi connectivity index (χ4n) is 0.760. The summed E-state index contributed by atoms with van der Waals surface area (Å²) in [5, 5.41) is 0. The monoisotopic (exact) mass is 183 g/mol. The first-order valence-electron chi connectivity index (χ1n) is 4.57. The molecule has 0 aromatic carbocycles. The third-order valence-corrected chi connectivity index (χ3v) is 2.65. The highest BCUT2D eigenvalue weighted by atomic mass is 16.1. The average molecular weight is 183 g/mol. The second-order valence-electron chi connectivity index (χ2n) is 4.93. The number of ketones is 1. The highest BCUT2D eigenvalue weighted by Gasteiger charge is 2.38. The molecule has 0 unspecified atom stereocenters. The van der Waals surface area contributed by atoms with E-state index >= 15 is 0 Å². The molecular formula is C11H21NO. The van der Waals surface area contributed by atoms with E-state index in [9.17, 15) is 4.79 Å². The van der Waals surface area contributed by atoms with Gasteiger partial charge in [-0.1, -0.05) is 19.4 Å². The summed E-state index contributed by atoms with van der Waals surface area (Å²) in [6, 6.07) is 0. The Bertz CT molecular complexity index is 227. The second-order valence-corrected chi connectivity index (χ2v) is 4.93. The minimum atomic E-state index is -0.510. The van der Waals surface area contributed by atoms with Crippen molar-refractivity contribution in [3.8, 4) is 0 Å². The fraction of sp³-hybridized carbons (Fsp3) is 0.727. The molecule has 76 valence electrons. The molecule has 0 rings (SSSR count). The topological polar surface area (TPSA) is 43.1 Å². The zero-order chi connectivity index (χ0) is 10.9. The van der Waals surface area contributed by atoms with Crippen LogP contribution < -0.4 is 5.73 Å². The molecule has 0 radical (unpaired) electrons. The van der Waals surface area contributed by atoms with Crippen LogP contribution in [-0.4, -0.2) is 11.3 Å². The summed E-state index contributed by atoms with van der Waals surface area (Å²) in [4.78, 5) is 11.8. The van der Waals surface area contributed by atoms with Gasteiger partial charge >= 0.3 is 0 Å². The zero-order valence-electron chi connectivity index (χ0n) is 9.56. The van der Waals surface area contributed by atoms with Gasteiger partial charge in [-0.25, -0.2) is 0 Å². The molecule has 0 heterocycles. The van der Waals surface area contributed by atoms with Crippen LogP contribution >= 0.6 is 0 Å². The van der Waals surface area contributed by atoms with Crippen LogP contribution in [0.2, 0.25) is 0 Å². The van der Waals surface area contributed by atoms with Crippen LogP contribution in [0.25, 0.3) is 0 Å². The van der Waals surface area contributed by atoms with E-state index in [1.165, 1.54) is 0 Å². The molecule has 13 heavy (non-hydrogen) atoms. The number of nitrogens with two attached hydrogens (primary N) is 1. The number of rotatable bonds is 3. The molecule has 0 aliphatic heterocycles. The van der Waals surface area contributed by atoms with Gasteiger partial charge in [-0.15, -0.1) is 0 Å². The van der Waals surface area contributed by atoms with E-state index in [1.54, 1.807) is 6.08 Å². The lowest BCUT2D eigenvalue weighted by molar-refractivity contribution is -0.124. The van der Waals surface area contributed by atoms with Gasteiger partial charge in [0, 0.05) is 11.0 Å². The van der Waals surface area contributed by atoms with Crippen LogP contribution in [0.1, 0.15) is 41.5 Å². The Hall–Kier alpha value is -0.630. The van der Waals surface area contributed by atoms with E-state index in [4.69, 9.17) is 5.73 Å². The van der Waals surface area contributed by atoms with Crippen LogP contribution in [0.4, 0.5) is 0 Å². The number of hydrogen-bond donors (Lipinski definition) is 1. The summed E-state index contributed by atoms with van der Waals surface area (Å²) in [6.07, 6.45) is 1.66. The number of hydrogen-bond acceptors (Lipinski definition) is 2. The van der Waals surface area contributed by atoms with Crippen LogP contribution in [0.3, 0.4) is 0 Å². The third-order valence-electron chi connectivity index (χ3n) is 2.65. The van der Waals surface area contributed by atoms with Crippen molar-refractivity contribution < 1.29 is 4.79 Å². The summed E-state index contributed by atoms with van der Waals surface area (Å²) in [6.45, 7) is 11.4. The van der Waals surface area contributed by atoms with Crippen molar-refractivity contribution in [3.63, 3.8) is 0 Å². The van der Waals surface area contributed by atoms with Crippen LogP contribution in [0.5, 0.6) is 0 Å². The standard InChI is InChI=1S/C11H21NO/c1-8(2)7-9(13)10(3,4)11(5,6)12/h7H,12H2,1-6H3. The Morgan fingerprint density at radius 1 is 1.15 bits per heavy atom. The molecule has 0 saturated heterocycles. The average Bonchev–Trinajstić information content (AvgIpc) is 1.82. The van der Waals surface area contributed by atoms with Gasteiger partial charge in [-0.2, -0.15) is 0 Å². The smallest absolute Gasteiger partial charge is 0.163 e. The van der Waals surface area contributed by atoms with Crippen molar-refractivity contribution in [3.05, 3.63) is 11.6 Å². The van der Waals surface area contributed by atoms with Crippen molar-refractivity contribution in [1.82, 2.24) is 0 Å². The van der Waals surface area contributed by atoms with Gasteiger partial charge in [0.2, 0.25) is 0 Å². The summed E-state index contributed by atoms with van der Waals surface area (Å²) in [7, 11) is 0. The van der Waals surface area contributed by atoms with Crippen molar-refractivity contribution in [2.45, 2.75) is 47.1 Å². The maximum atomic E-state index is 11.8. The molecule has 0 aromatic rings. The van der Waals surface area contributed by atoms with Gasteiger partial charge in [-0.3, -0.25) is 4.79 Å². The van der Waals surface area contributed by atoms with Gasteiger partial charge < -0.3 is 5.73 Å². The van der Waals surface area contributed by atoms with Crippen LogP contribution in [0, 0.1) is 5.41 Å². The number of carbonyl (C=O) groups is 1. The number of carbonyl (C=O) groups excluding carboxylic acids is 1. The predicted octanol–water partition coefficient (Wildman–Crippen LogP) is 2.29. The SMILES string of the molecule is CC(C)=CC(=O)C(C)(C)C(C)(C)N. The van der Waals surface area contributed by atoms with E-state index in [0.29, 0.717) is 0 Å². The molecule has 0 aromatic heterocycles. The fourth-order valence-corrected chi connectivity index (χ4v) is 0.760. The van der Waals surface area contributed by atoms with Gasteiger partial charge in [0.25, 0.3) is 0 Å². The minimum Gasteiger partial charge on any atom is -0.325 e. The third kappa shape index (κ3) is 2.96. The van der Waals surface area contributed by atoms with Gasteiger partial charge in [0.05, 0.1) is 0 Å². The van der Waals surface area contributed by atoms with Gasteiger partial charge in [0.1, 0.15) is 0 Å². The molecule has 0 spiro atoms. The predicted molar refractivity (Wildman–Crippen MR) is 56.5 cm³/mol. The summed E-state index contributed by atoms with van der Waals surface area (Å²) < 4.78 is 0. The van der Waals surface area contributed by atoms with Crippen molar-refractivity contribution in [2.24, 2.45) is 11.1 Å². The zero-order valence-corrected chi connectivity index (χ0v) is 9.56. The molecule has 2 nitrogen and oxygen atoms in total. The Morgan fingerprint density at radius 3 is 1.77 bits per heavy atom. The van der Waals surface area contributed by atoms with Crippen molar-refractivity contribution in [1.29, 1.82) is 0 Å². The molecule has 0 atom stereocenters. The quantitative estimate of drug-likeness (QED) is 0.682.